The second-order valence-electron chi connectivity index (χ2n) is 5.04. The van der Waals surface area contributed by atoms with Gasteiger partial charge in [0.1, 0.15) is 11.6 Å². The molecule has 0 aromatic carbocycles. The van der Waals surface area contributed by atoms with E-state index in [0.29, 0.717) is 13.2 Å². The Morgan fingerprint density at radius 3 is 2.71 bits per heavy atom. The minimum atomic E-state index is -4.57. The number of nitrogens with zero attached hydrogens (tertiary/aromatic N) is 3. The van der Waals surface area contributed by atoms with Crippen LogP contribution in [-0.4, -0.2) is 42.3 Å². The van der Waals surface area contributed by atoms with E-state index in [1.165, 1.54) is 13.1 Å². The predicted molar refractivity (Wildman–Crippen MR) is 73.4 cm³/mol. The highest BCUT2D eigenvalue weighted by molar-refractivity contribution is 5.50. The van der Waals surface area contributed by atoms with Gasteiger partial charge in [-0.05, 0) is 13.3 Å². The van der Waals surface area contributed by atoms with Crippen LogP contribution in [0.15, 0.2) is 6.07 Å². The molecule has 21 heavy (non-hydrogen) atoms. The Bertz CT molecular complexity index is 495. The number of aromatic nitrogens is 2. The van der Waals surface area contributed by atoms with Gasteiger partial charge in [0.05, 0.1) is 18.8 Å². The van der Waals surface area contributed by atoms with Gasteiger partial charge in [0.2, 0.25) is 5.82 Å². The number of nitrogens with one attached hydrogen (secondary N) is 1. The third-order valence-electron chi connectivity index (χ3n) is 3.46. The Morgan fingerprint density at radius 2 is 2.14 bits per heavy atom. The van der Waals surface area contributed by atoms with Crippen LogP contribution >= 0.6 is 0 Å². The zero-order chi connectivity index (χ0) is 15.6. The summed E-state index contributed by atoms with van der Waals surface area (Å²) in [6.07, 6.45) is -3.84. The molecule has 1 aliphatic rings. The highest BCUT2D eigenvalue weighted by Gasteiger charge is 2.37. The van der Waals surface area contributed by atoms with Crippen molar-refractivity contribution in [2.24, 2.45) is 0 Å². The molecule has 1 N–H and O–H groups in total. The molecule has 1 saturated heterocycles. The number of halogens is 3. The number of morpholine rings is 1. The van der Waals surface area contributed by atoms with Crippen molar-refractivity contribution < 1.29 is 17.9 Å². The van der Waals surface area contributed by atoms with E-state index >= 15 is 0 Å². The van der Waals surface area contributed by atoms with Crippen molar-refractivity contribution in [2.45, 2.75) is 38.6 Å². The monoisotopic (exact) mass is 304 g/mol. The van der Waals surface area contributed by atoms with E-state index in [-0.39, 0.29) is 23.8 Å². The summed E-state index contributed by atoms with van der Waals surface area (Å²) < 4.78 is 44.3. The molecule has 1 aliphatic heterocycles. The Labute approximate surface area is 121 Å². The molecular formula is C13H19F3N4O. The lowest BCUT2D eigenvalue weighted by Crippen LogP contribution is -2.49. The summed E-state index contributed by atoms with van der Waals surface area (Å²) in [5.74, 6) is -0.691. The fourth-order valence-corrected chi connectivity index (χ4v) is 2.30. The van der Waals surface area contributed by atoms with Crippen molar-refractivity contribution in [1.29, 1.82) is 0 Å². The van der Waals surface area contributed by atoms with E-state index in [9.17, 15) is 13.2 Å². The molecule has 1 fully saturated rings. The summed E-state index contributed by atoms with van der Waals surface area (Å²) >= 11 is 0. The molecule has 2 unspecified atom stereocenters. The normalized spacial score (nSPS) is 23.2. The first kappa shape index (κ1) is 15.8. The number of hydrogen-bond donors (Lipinski definition) is 1. The molecule has 0 amide bonds. The van der Waals surface area contributed by atoms with Crippen LogP contribution in [0.25, 0.3) is 0 Å². The smallest absolute Gasteiger partial charge is 0.375 e. The average molecular weight is 304 g/mol. The van der Waals surface area contributed by atoms with E-state index in [1.54, 1.807) is 0 Å². The summed E-state index contributed by atoms with van der Waals surface area (Å²) in [5.41, 5.74) is 0. The number of hydrogen-bond acceptors (Lipinski definition) is 5. The Kier molecular flexibility index (Phi) is 4.55. The summed E-state index contributed by atoms with van der Waals surface area (Å²) in [7, 11) is 1.53. The molecule has 1 aromatic heterocycles. The lowest BCUT2D eigenvalue weighted by Gasteiger charge is -2.39. The quantitative estimate of drug-likeness (QED) is 0.930. The molecule has 2 rings (SSSR count). The topological polar surface area (TPSA) is 50.3 Å². The first-order valence-corrected chi connectivity index (χ1v) is 6.87. The predicted octanol–water partition coefficient (Wildman–Crippen LogP) is 2.54. The first-order valence-electron chi connectivity index (χ1n) is 6.87. The van der Waals surface area contributed by atoms with Crippen molar-refractivity contribution in [3.8, 4) is 0 Å². The Balaban J connectivity index is 2.41. The number of rotatable bonds is 3. The summed E-state index contributed by atoms with van der Waals surface area (Å²) in [5, 5.41) is 2.65. The summed E-state index contributed by atoms with van der Waals surface area (Å²) in [6.45, 7) is 4.86. The van der Waals surface area contributed by atoms with Gasteiger partial charge in [-0.15, -0.1) is 0 Å². The van der Waals surface area contributed by atoms with Crippen LogP contribution in [0.5, 0.6) is 0 Å². The van der Waals surface area contributed by atoms with Crippen LogP contribution in [0.4, 0.5) is 24.8 Å². The maximum Gasteiger partial charge on any atom is 0.451 e. The van der Waals surface area contributed by atoms with Crippen LogP contribution in [0, 0.1) is 0 Å². The maximum atomic E-state index is 12.9. The summed E-state index contributed by atoms with van der Waals surface area (Å²) in [4.78, 5) is 9.05. The van der Waals surface area contributed by atoms with Crippen molar-refractivity contribution in [1.82, 2.24) is 9.97 Å². The molecule has 0 aliphatic carbocycles. The van der Waals surface area contributed by atoms with Gasteiger partial charge in [0.15, 0.2) is 0 Å². The largest absolute Gasteiger partial charge is 0.451 e. The van der Waals surface area contributed by atoms with Gasteiger partial charge < -0.3 is 15.0 Å². The second kappa shape index (κ2) is 6.05. The zero-order valence-electron chi connectivity index (χ0n) is 12.2. The van der Waals surface area contributed by atoms with Gasteiger partial charge in [0, 0.05) is 19.7 Å². The Hall–Kier alpha value is -1.57. The molecule has 0 spiro atoms. The van der Waals surface area contributed by atoms with Crippen molar-refractivity contribution in [2.75, 3.05) is 30.4 Å². The number of anilines is 2. The molecular weight excluding hydrogens is 285 g/mol. The molecule has 0 radical (unpaired) electrons. The van der Waals surface area contributed by atoms with Gasteiger partial charge in [-0.2, -0.15) is 13.2 Å². The van der Waals surface area contributed by atoms with Crippen LogP contribution < -0.4 is 10.2 Å². The highest BCUT2D eigenvalue weighted by atomic mass is 19.4. The number of alkyl halides is 3. The third kappa shape index (κ3) is 3.55. The Morgan fingerprint density at radius 1 is 1.43 bits per heavy atom. The SMILES string of the molecule is CCC1COC(C)CN1c1cc(NC)nc(C(F)(F)F)n1. The van der Waals surface area contributed by atoms with Crippen molar-refractivity contribution in [3.63, 3.8) is 0 Å². The van der Waals surface area contributed by atoms with Crippen LogP contribution in [0.3, 0.4) is 0 Å². The minimum absolute atomic E-state index is 0.0156. The van der Waals surface area contributed by atoms with E-state index in [2.05, 4.69) is 15.3 Å². The van der Waals surface area contributed by atoms with Gasteiger partial charge >= 0.3 is 6.18 Å². The maximum absolute atomic E-state index is 12.9. The van der Waals surface area contributed by atoms with Gasteiger partial charge in [-0.25, -0.2) is 9.97 Å². The highest BCUT2D eigenvalue weighted by Crippen LogP contribution is 2.30. The molecule has 0 bridgehead atoms. The van der Waals surface area contributed by atoms with Gasteiger partial charge in [-0.1, -0.05) is 6.92 Å². The average Bonchev–Trinajstić information content (AvgIpc) is 2.45. The van der Waals surface area contributed by atoms with Crippen LogP contribution in [0.2, 0.25) is 0 Å². The molecule has 2 atom stereocenters. The first-order chi connectivity index (χ1) is 9.85. The molecule has 118 valence electrons. The summed E-state index contributed by atoms with van der Waals surface area (Å²) in [6, 6.07) is 1.55. The molecule has 8 heteroatoms. The van der Waals surface area contributed by atoms with E-state index in [1.807, 2.05) is 18.7 Å². The zero-order valence-corrected chi connectivity index (χ0v) is 12.2. The van der Waals surface area contributed by atoms with Crippen LogP contribution in [0.1, 0.15) is 26.1 Å². The third-order valence-corrected chi connectivity index (χ3v) is 3.46. The van der Waals surface area contributed by atoms with E-state index < -0.39 is 12.0 Å². The molecule has 2 heterocycles. The van der Waals surface area contributed by atoms with Gasteiger partial charge in [-0.3, -0.25) is 0 Å². The fraction of sp³-hybridized carbons (Fsp3) is 0.692. The van der Waals surface area contributed by atoms with E-state index in [0.717, 1.165) is 6.42 Å². The second-order valence-corrected chi connectivity index (χ2v) is 5.04. The molecule has 1 aromatic rings. The minimum Gasteiger partial charge on any atom is -0.375 e. The van der Waals surface area contributed by atoms with Crippen LogP contribution in [-0.2, 0) is 10.9 Å². The molecule has 0 saturated carbocycles. The van der Waals surface area contributed by atoms with E-state index in [4.69, 9.17) is 4.74 Å². The lowest BCUT2D eigenvalue weighted by atomic mass is 10.1. The van der Waals surface area contributed by atoms with Crippen molar-refractivity contribution in [3.05, 3.63) is 11.9 Å². The van der Waals surface area contributed by atoms with Crippen molar-refractivity contribution >= 4 is 11.6 Å². The lowest BCUT2D eigenvalue weighted by molar-refractivity contribution is -0.144. The fourth-order valence-electron chi connectivity index (χ4n) is 2.30. The molecule has 5 nitrogen and oxygen atoms in total. The van der Waals surface area contributed by atoms with Gasteiger partial charge in [0.25, 0.3) is 0 Å². The standard InChI is InChI=1S/C13H19F3N4O/c1-4-9-7-21-8(2)6-20(9)11-5-10(17-3)18-12(19-11)13(14,15)16/h5,8-9H,4,6-7H2,1-3H3,(H,17,18,19). The number of ether oxygens (including phenoxy) is 1.